The van der Waals surface area contributed by atoms with Crippen LogP contribution in [0.4, 0.5) is 0 Å². The first-order valence-corrected chi connectivity index (χ1v) is 10.0. The van der Waals surface area contributed by atoms with Gasteiger partial charge in [0, 0.05) is 6.42 Å². The SMILES string of the molecule is C=CCOC(=O)CC(C(=O)NC(Cc1ccccc1)C(=O)OC)N(C=O)OCCCC. The molecule has 2 amide bonds. The standard InChI is InChI=1S/C22H30N2O7/c1-4-6-13-31-24(16-25)19(15-20(26)30-12-5-2)21(27)23-18(22(28)29-3)14-17-10-8-7-9-11-17/h5,7-11,16,18-19H,2,4,6,12-15H2,1,3H3,(H,23,27). The average Bonchev–Trinajstić information content (AvgIpc) is 2.79. The number of nitrogens with zero attached hydrogens (tertiary/aromatic N) is 1. The second-order valence-corrected chi connectivity index (χ2v) is 6.62. The van der Waals surface area contributed by atoms with Gasteiger partial charge in [-0.3, -0.25) is 19.2 Å². The molecule has 9 heteroatoms. The minimum Gasteiger partial charge on any atom is -0.467 e. The summed E-state index contributed by atoms with van der Waals surface area (Å²) in [5, 5.41) is 3.34. The van der Waals surface area contributed by atoms with Gasteiger partial charge in [-0.15, -0.1) is 0 Å². The van der Waals surface area contributed by atoms with Crippen molar-refractivity contribution < 1.29 is 33.5 Å². The number of carbonyl (C=O) groups is 4. The molecule has 0 aliphatic heterocycles. The fourth-order valence-electron chi connectivity index (χ4n) is 2.63. The first-order chi connectivity index (χ1) is 15.0. The Bertz CT molecular complexity index is 724. The van der Waals surface area contributed by atoms with Gasteiger partial charge in [-0.25, -0.2) is 9.86 Å². The van der Waals surface area contributed by atoms with Crippen molar-refractivity contribution in [2.24, 2.45) is 0 Å². The maximum Gasteiger partial charge on any atom is 0.328 e. The summed E-state index contributed by atoms with van der Waals surface area (Å²) in [5.41, 5.74) is 0.798. The number of benzene rings is 1. The Morgan fingerprint density at radius 3 is 2.52 bits per heavy atom. The van der Waals surface area contributed by atoms with E-state index in [1.807, 2.05) is 13.0 Å². The molecule has 0 aliphatic carbocycles. The molecule has 0 fully saturated rings. The van der Waals surface area contributed by atoms with Crippen LogP contribution >= 0.6 is 0 Å². The van der Waals surface area contributed by atoms with Crippen LogP contribution in [0.3, 0.4) is 0 Å². The summed E-state index contributed by atoms with van der Waals surface area (Å²) in [4.78, 5) is 54.2. The highest BCUT2D eigenvalue weighted by atomic mass is 16.7. The van der Waals surface area contributed by atoms with Crippen LogP contribution in [0.25, 0.3) is 0 Å². The van der Waals surface area contributed by atoms with Crippen LogP contribution in [0.5, 0.6) is 0 Å². The van der Waals surface area contributed by atoms with E-state index >= 15 is 0 Å². The number of nitrogens with one attached hydrogen (secondary N) is 1. The number of unbranched alkanes of at least 4 members (excludes halogenated alkanes) is 1. The molecular formula is C22H30N2O7. The molecule has 0 saturated carbocycles. The van der Waals surface area contributed by atoms with Gasteiger partial charge in [0.15, 0.2) is 0 Å². The van der Waals surface area contributed by atoms with Gasteiger partial charge in [0.2, 0.25) is 12.3 Å². The van der Waals surface area contributed by atoms with Crippen molar-refractivity contribution in [3.63, 3.8) is 0 Å². The first-order valence-electron chi connectivity index (χ1n) is 10.0. The topological polar surface area (TPSA) is 111 Å². The molecule has 0 aliphatic rings. The van der Waals surface area contributed by atoms with E-state index in [-0.39, 0.29) is 19.6 Å². The molecule has 0 bridgehead atoms. The van der Waals surface area contributed by atoms with Crippen LogP contribution in [-0.2, 0) is 39.9 Å². The van der Waals surface area contributed by atoms with Crippen LogP contribution in [0, 0.1) is 0 Å². The lowest BCUT2D eigenvalue weighted by molar-refractivity contribution is -0.193. The maximum atomic E-state index is 13.0. The van der Waals surface area contributed by atoms with E-state index in [4.69, 9.17) is 14.3 Å². The van der Waals surface area contributed by atoms with E-state index < -0.39 is 36.4 Å². The van der Waals surface area contributed by atoms with Crippen molar-refractivity contribution in [1.82, 2.24) is 10.4 Å². The number of methoxy groups -OCH3 is 1. The fourth-order valence-corrected chi connectivity index (χ4v) is 2.63. The Kier molecular flexibility index (Phi) is 12.3. The second-order valence-electron chi connectivity index (χ2n) is 6.62. The highest BCUT2D eigenvalue weighted by Crippen LogP contribution is 2.10. The second kappa shape index (κ2) is 14.7. The van der Waals surface area contributed by atoms with Crippen molar-refractivity contribution in [1.29, 1.82) is 0 Å². The normalized spacial score (nSPS) is 12.2. The molecule has 1 aromatic rings. The monoisotopic (exact) mass is 434 g/mol. The van der Waals surface area contributed by atoms with E-state index in [0.29, 0.717) is 12.8 Å². The molecule has 1 rings (SSSR count). The van der Waals surface area contributed by atoms with Crippen molar-refractivity contribution in [2.75, 3.05) is 20.3 Å². The van der Waals surface area contributed by atoms with Gasteiger partial charge in [-0.1, -0.05) is 56.3 Å². The van der Waals surface area contributed by atoms with E-state index in [1.54, 1.807) is 24.3 Å². The third-order valence-electron chi connectivity index (χ3n) is 4.26. The Hall–Kier alpha value is -3.20. The predicted molar refractivity (Wildman–Crippen MR) is 112 cm³/mol. The lowest BCUT2D eigenvalue weighted by Gasteiger charge is -2.27. The number of hydrogen-bond donors (Lipinski definition) is 1. The molecule has 1 aromatic carbocycles. The van der Waals surface area contributed by atoms with E-state index in [0.717, 1.165) is 17.0 Å². The van der Waals surface area contributed by atoms with Gasteiger partial charge >= 0.3 is 11.9 Å². The quantitative estimate of drug-likeness (QED) is 0.147. The third-order valence-corrected chi connectivity index (χ3v) is 4.26. The van der Waals surface area contributed by atoms with Crippen molar-refractivity contribution >= 4 is 24.3 Å². The van der Waals surface area contributed by atoms with Gasteiger partial charge < -0.3 is 14.8 Å². The number of amides is 2. The number of hydroxylamine groups is 2. The fraction of sp³-hybridized carbons (Fsp3) is 0.455. The number of esters is 2. The van der Waals surface area contributed by atoms with E-state index in [1.165, 1.54) is 13.2 Å². The summed E-state index contributed by atoms with van der Waals surface area (Å²) in [7, 11) is 1.21. The minimum atomic E-state index is -1.32. The molecule has 0 aromatic heterocycles. The van der Waals surface area contributed by atoms with Crippen molar-refractivity contribution in [2.45, 2.75) is 44.7 Å². The third kappa shape index (κ3) is 9.43. The van der Waals surface area contributed by atoms with Crippen LogP contribution in [0.1, 0.15) is 31.7 Å². The van der Waals surface area contributed by atoms with E-state index in [2.05, 4.69) is 11.9 Å². The Labute approximate surface area is 182 Å². The highest BCUT2D eigenvalue weighted by molar-refractivity contribution is 5.91. The zero-order chi connectivity index (χ0) is 23.1. The van der Waals surface area contributed by atoms with Gasteiger partial charge in [0.1, 0.15) is 18.7 Å². The molecular weight excluding hydrogens is 404 g/mol. The molecule has 31 heavy (non-hydrogen) atoms. The number of hydrogen-bond acceptors (Lipinski definition) is 7. The molecule has 0 spiro atoms. The van der Waals surface area contributed by atoms with Gasteiger partial charge in [0.25, 0.3) is 0 Å². The Morgan fingerprint density at radius 2 is 1.94 bits per heavy atom. The molecule has 170 valence electrons. The molecule has 2 atom stereocenters. The van der Waals surface area contributed by atoms with Gasteiger partial charge in [0.05, 0.1) is 20.1 Å². The highest BCUT2D eigenvalue weighted by Gasteiger charge is 2.33. The van der Waals surface area contributed by atoms with Crippen molar-refractivity contribution in [3.8, 4) is 0 Å². The molecule has 0 heterocycles. The lowest BCUT2D eigenvalue weighted by atomic mass is 10.1. The molecule has 9 nitrogen and oxygen atoms in total. The Morgan fingerprint density at radius 1 is 1.23 bits per heavy atom. The minimum absolute atomic E-state index is 0.0380. The maximum absolute atomic E-state index is 13.0. The number of carbonyl (C=O) groups excluding carboxylic acids is 4. The number of rotatable bonds is 15. The van der Waals surface area contributed by atoms with Gasteiger partial charge in [-0.2, -0.15) is 0 Å². The molecule has 0 radical (unpaired) electrons. The molecule has 2 unspecified atom stereocenters. The molecule has 0 saturated heterocycles. The summed E-state index contributed by atoms with van der Waals surface area (Å²) in [5.74, 6) is -2.12. The average molecular weight is 434 g/mol. The predicted octanol–water partition coefficient (Wildman–Crippen LogP) is 1.56. The smallest absolute Gasteiger partial charge is 0.328 e. The van der Waals surface area contributed by atoms with E-state index in [9.17, 15) is 19.2 Å². The first kappa shape index (κ1) is 25.8. The lowest BCUT2D eigenvalue weighted by Crippen LogP contribution is -2.53. The van der Waals surface area contributed by atoms with Crippen molar-refractivity contribution in [3.05, 3.63) is 48.6 Å². The van der Waals surface area contributed by atoms with Gasteiger partial charge in [-0.05, 0) is 12.0 Å². The number of ether oxygens (including phenoxy) is 2. The van der Waals surface area contributed by atoms with Crippen LogP contribution in [0.15, 0.2) is 43.0 Å². The zero-order valence-electron chi connectivity index (χ0n) is 18.0. The summed E-state index contributed by atoms with van der Waals surface area (Å²) < 4.78 is 9.73. The largest absolute Gasteiger partial charge is 0.467 e. The summed E-state index contributed by atoms with van der Waals surface area (Å²) in [6, 6.07) is 6.70. The summed E-state index contributed by atoms with van der Waals surface area (Å²) in [6.07, 6.45) is 2.89. The summed E-state index contributed by atoms with van der Waals surface area (Å²) >= 11 is 0. The molecule has 1 N–H and O–H groups in total. The zero-order valence-corrected chi connectivity index (χ0v) is 18.0. The van der Waals surface area contributed by atoms with Crippen LogP contribution < -0.4 is 5.32 Å². The van der Waals surface area contributed by atoms with Crippen LogP contribution in [-0.4, -0.2) is 61.7 Å². The van der Waals surface area contributed by atoms with Crippen LogP contribution in [0.2, 0.25) is 0 Å². The Balaban J connectivity index is 3.01. The summed E-state index contributed by atoms with van der Waals surface area (Å²) in [6.45, 7) is 5.55.